The van der Waals surface area contributed by atoms with Crippen molar-refractivity contribution in [3.63, 3.8) is 0 Å². The number of carbonyl (C=O) groups excluding carboxylic acids is 1. The third kappa shape index (κ3) is 3.81. The zero-order valence-electron chi connectivity index (χ0n) is 15.0. The van der Waals surface area contributed by atoms with Gasteiger partial charge < -0.3 is 14.0 Å². The van der Waals surface area contributed by atoms with Gasteiger partial charge in [0, 0.05) is 25.8 Å². The molecule has 2 aromatic heterocycles. The number of carbonyl (C=O) groups is 1. The molecule has 140 valence electrons. The van der Waals surface area contributed by atoms with Crippen LogP contribution in [0.15, 0.2) is 41.2 Å². The lowest BCUT2D eigenvalue weighted by Gasteiger charge is -2.14. The second kappa shape index (κ2) is 8.24. The number of nitrogens with zero attached hydrogens (tertiary/aromatic N) is 2. The van der Waals surface area contributed by atoms with Gasteiger partial charge >= 0.3 is 5.97 Å². The maximum atomic E-state index is 12.6. The average Bonchev–Trinajstić information content (AvgIpc) is 2.69. The van der Waals surface area contributed by atoms with Crippen molar-refractivity contribution in [3.8, 4) is 11.3 Å². The number of benzene rings is 1. The van der Waals surface area contributed by atoms with Crippen molar-refractivity contribution in [1.82, 2.24) is 14.5 Å². The van der Waals surface area contributed by atoms with E-state index in [0.29, 0.717) is 30.9 Å². The van der Waals surface area contributed by atoms with E-state index in [4.69, 9.17) is 21.7 Å². The van der Waals surface area contributed by atoms with E-state index in [1.165, 1.54) is 7.11 Å². The number of aromatic nitrogens is 3. The predicted octanol–water partition coefficient (Wildman–Crippen LogP) is 2.94. The van der Waals surface area contributed by atoms with E-state index < -0.39 is 11.5 Å². The lowest BCUT2D eigenvalue weighted by Crippen LogP contribution is -2.20. The van der Waals surface area contributed by atoms with Crippen LogP contribution in [0.1, 0.15) is 16.8 Å². The zero-order valence-corrected chi connectivity index (χ0v) is 15.8. The van der Waals surface area contributed by atoms with Gasteiger partial charge in [0.15, 0.2) is 4.77 Å². The van der Waals surface area contributed by atoms with Gasteiger partial charge in [0.05, 0.1) is 23.8 Å². The number of rotatable bonds is 6. The van der Waals surface area contributed by atoms with E-state index in [0.717, 1.165) is 5.56 Å². The van der Waals surface area contributed by atoms with E-state index in [2.05, 4.69) is 9.97 Å². The summed E-state index contributed by atoms with van der Waals surface area (Å²) in [5.41, 5.74) is 1.41. The summed E-state index contributed by atoms with van der Waals surface area (Å²) in [6.45, 7) is 1.02. The first-order chi connectivity index (χ1) is 13.1. The van der Waals surface area contributed by atoms with E-state index >= 15 is 0 Å². The lowest BCUT2D eigenvalue weighted by molar-refractivity contribution is 0.0603. The monoisotopic (exact) mass is 385 g/mol. The molecule has 1 aromatic carbocycles. The molecule has 0 fully saturated rings. The topological polar surface area (TPSA) is 86.2 Å². The molecule has 0 radical (unpaired) electrons. The molecule has 0 unspecified atom stereocenters. The Morgan fingerprint density at radius 1 is 1.26 bits per heavy atom. The van der Waals surface area contributed by atoms with Crippen molar-refractivity contribution in [2.75, 3.05) is 20.8 Å². The quantitative estimate of drug-likeness (QED) is 0.399. The Balaban J connectivity index is 2.34. The Morgan fingerprint density at radius 3 is 2.67 bits per heavy atom. The molecule has 2 heterocycles. The highest BCUT2D eigenvalue weighted by atomic mass is 32.1. The van der Waals surface area contributed by atoms with Gasteiger partial charge in [-0.1, -0.05) is 30.3 Å². The van der Waals surface area contributed by atoms with E-state index in [1.807, 2.05) is 30.3 Å². The third-order valence-corrected chi connectivity index (χ3v) is 4.48. The van der Waals surface area contributed by atoms with Crippen LogP contribution >= 0.6 is 12.2 Å². The Bertz CT molecular complexity index is 1090. The van der Waals surface area contributed by atoms with Crippen molar-refractivity contribution in [1.29, 1.82) is 0 Å². The molecule has 0 atom stereocenters. The zero-order chi connectivity index (χ0) is 19.4. The molecule has 3 rings (SSSR count). The first kappa shape index (κ1) is 18.9. The number of hydrogen-bond acceptors (Lipinski definition) is 6. The van der Waals surface area contributed by atoms with Crippen LogP contribution in [-0.4, -0.2) is 41.3 Å². The largest absolute Gasteiger partial charge is 0.465 e. The number of aryl methyl sites for hydroxylation is 1. The molecule has 0 spiro atoms. The van der Waals surface area contributed by atoms with Crippen LogP contribution in [0, 0.1) is 4.77 Å². The molecule has 27 heavy (non-hydrogen) atoms. The summed E-state index contributed by atoms with van der Waals surface area (Å²) in [6, 6.07) is 11.0. The molecule has 0 saturated heterocycles. The molecule has 0 aliphatic carbocycles. The van der Waals surface area contributed by atoms with Crippen molar-refractivity contribution in [2.45, 2.75) is 13.0 Å². The standard InChI is InChI=1S/C19H19N3O4S/c1-25-10-6-9-22-16-15(17(23)21-19(22)27)13(18(24)26-2)11-14(20-16)12-7-4-3-5-8-12/h3-5,7-8,11H,6,9-10H2,1-2H3,(H,21,23,27). The number of aromatic amines is 1. The summed E-state index contributed by atoms with van der Waals surface area (Å²) in [4.78, 5) is 32.2. The van der Waals surface area contributed by atoms with Gasteiger partial charge in [0.1, 0.15) is 5.65 Å². The molecule has 0 amide bonds. The van der Waals surface area contributed by atoms with Gasteiger partial charge in [-0.3, -0.25) is 9.78 Å². The average molecular weight is 385 g/mol. The fourth-order valence-corrected chi connectivity index (χ4v) is 3.15. The number of H-pyrrole nitrogens is 1. The maximum Gasteiger partial charge on any atom is 0.338 e. The van der Waals surface area contributed by atoms with Gasteiger partial charge in [-0.15, -0.1) is 0 Å². The van der Waals surface area contributed by atoms with E-state index in [1.54, 1.807) is 17.7 Å². The molecule has 0 aliphatic rings. The molecule has 0 aliphatic heterocycles. The second-order valence-corrected chi connectivity index (χ2v) is 6.26. The van der Waals surface area contributed by atoms with E-state index in [-0.39, 0.29) is 15.7 Å². The van der Waals surface area contributed by atoms with Gasteiger partial charge in [-0.25, -0.2) is 9.78 Å². The van der Waals surface area contributed by atoms with Crippen LogP contribution in [0.4, 0.5) is 0 Å². The summed E-state index contributed by atoms with van der Waals surface area (Å²) in [5.74, 6) is -0.606. The minimum Gasteiger partial charge on any atom is -0.465 e. The van der Waals surface area contributed by atoms with E-state index in [9.17, 15) is 9.59 Å². The summed E-state index contributed by atoms with van der Waals surface area (Å²) in [7, 11) is 2.89. The number of methoxy groups -OCH3 is 2. The Kier molecular flexibility index (Phi) is 5.78. The van der Waals surface area contributed by atoms with Gasteiger partial charge in [-0.2, -0.15) is 0 Å². The SMILES string of the molecule is COCCCn1c(=S)[nH]c(=O)c2c(C(=O)OC)cc(-c3ccccc3)nc21. The van der Waals surface area contributed by atoms with Crippen LogP contribution in [0.3, 0.4) is 0 Å². The van der Waals surface area contributed by atoms with Crippen LogP contribution in [0.5, 0.6) is 0 Å². The fraction of sp³-hybridized carbons (Fsp3) is 0.263. The number of esters is 1. The number of hydrogen-bond donors (Lipinski definition) is 1. The number of pyridine rings is 1. The highest BCUT2D eigenvalue weighted by Gasteiger charge is 2.19. The van der Waals surface area contributed by atoms with Crippen molar-refractivity contribution >= 4 is 29.2 Å². The lowest BCUT2D eigenvalue weighted by atomic mass is 10.1. The Morgan fingerprint density at radius 2 is 2.00 bits per heavy atom. The van der Waals surface area contributed by atoms with Gasteiger partial charge in [0.2, 0.25) is 0 Å². The molecule has 8 heteroatoms. The minimum atomic E-state index is -0.606. The summed E-state index contributed by atoms with van der Waals surface area (Å²) >= 11 is 5.32. The van der Waals surface area contributed by atoms with Crippen LogP contribution in [0.2, 0.25) is 0 Å². The molecule has 0 saturated carbocycles. The Hall–Kier alpha value is -2.84. The van der Waals surface area contributed by atoms with Gasteiger partial charge in [-0.05, 0) is 24.7 Å². The van der Waals surface area contributed by atoms with Crippen LogP contribution in [0.25, 0.3) is 22.3 Å². The van der Waals surface area contributed by atoms with Crippen LogP contribution in [-0.2, 0) is 16.0 Å². The highest BCUT2D eigenvalue weighted by molar-refractivity contribution is 7.71. The third-order valence-electron chi connectivity index (χ3n) is 4.15. The summed E-state index contributed by atoms with van der Waals surface area (Å²) in [5, 5.41) is 0.160. The molecule has 7 nitrogen and oxygen atoms in total. The second-order valence-electron chi connectivity index (χ2n) is 5.87. The van der Waals surface area contributed by atoms with Crippen molar-refractivity contribution < 1.29 is 14.3 Å². The first-order valence-corrected chi connectivity index (χ1v) is 8.78. The maximum absolute atomic E-state index is 12.6. The smallest absolute Gasteiger partial charge is 0.338 e. The molecular weight excluding hydrogens is 366 g/mol. The predicted molar refractivity (Wildman–Crippen MR) is 104 cm³/mol. The van der Waals surface area contributed by atoms with Gasteiger partial charge in [0.25, 0.3) is 5.56 Å². The number of fused-ring (bicyclic) bond motifs is 1. The van der Waals surface area contributed by atoms with Crippen LogP contribution < -0.4 is 5.56 Å². The Labute approximate surface area is 160 Å². The first-order valence-electron chi connectivity index (χ1n) is 8.37. The number of ether oxygens (including phenoxy) is 2. The van der Waals surface area contributed by atoms with Crippen molar-refractivity contribution in [3.05, 3.63) is 57.1 Å². The highest BCUT2D eigenvalue weighted by Crippen LogP contribution is 2.23. The summed E-state index contributed by atoms with van der Waals surface area (Å²) in [6.07, 6.45) is 0.677. The number of nitrogens with one attached hydrogen (secondary N) is 1. The normalized spacial score (nSPS) is 10.9. The summed E-state index contributed by atoms with van der Waals surface area (Å²) < 4.78 is 11.9. The molecule has 0 bridgehead atoms. The molecule has 3 aromatic rings. The molecule has 1 N–H and O–H groups in total. The fourth-order valence-electron chi connectivity index (χ4n) is 2.88. The molecular formula is C19H19N3O4S. The minimum absolute atomic E-state index is 0.151. The van der Waals surface area contributed by atoms with Crippen molar-refractivity contribution in [2.24, 2.45) is 0 Å².